The van der Waals surface area contributed by atoms with Crippen molar-refractivity contribution >= 4 is 11.7 Å². The number of amides is 2. The van der Waals surface area contributed by atoms with Gasteiger partial charge >= 0.3 is 6.03 Å². The lowest BCUT2D eigenvalue weighted by molar-refractivity contribution is 0.205. The van der Waals surface area contributed by atoms with Gasteiger partial charge in [0.1, 0.15) is 0 Å². The van der Waals surface area contributed by atoms with E-state index in [0.29, 0.717) is 0 Å². The Hall–Kier alpha value is -2.30. The molecule has 20 heavy (non-hydrogen) atoms. The second-order valence-corrected chi connectivity index (χ2v) is 5.07. The number of nitrogens with zero attached hydrogens (tertiary/aromatic N) is 3. The van der Waals surface area contributed by atoms with Crippen molar-refractivity contribution < 1.29 is 4.79 Å². The maximum atomic E-state index is 12.4. The van der Waals surface area contributed by atoms with Crippen molar-refractivity contribution in [3.63, 3.8) is 0 Å². The molecule has 3 heterocycles. The molecular formula is C15H18N4O. The van der Waals surface area contributed by atoms with Crippen LogP contribution in [0.4, 0.5) is 10.5 Å². The summed E-state index contributed by atoms with van der Waals surface area (Å²) in [7, 11) is 2.02. The molecule has 5 nitrogen and oxygen atoms in total. The average molecular weight is 270 g/mol. The van der Waals surface area contributed by atoms with Crippen LogP contribution in [0.5, 0.6) is 0 Å². The summed E-state index contributed by atoms with van der Waals surface area (Å²) < 4.78 is 2.08. The number of likely N-dealkylation sites (tertiary alicyclic amines) is 1. The lowest BCUT2D eigenvalue weighted by atomic mass is 10.1. The van der Waals surface area contributed by atoms with Gasteiger partial charge in [0.05, 0.1) is 17.9 Å². The van der Waals surface area contributed by atoms with Gasteiger partial charge in [0.15, 0.2) is 0 Å². The molecule has 1 fully saturated rings. The fourth-order valence-corrected chi connectivity index (χ4v) is 2.77. The smallest absolute Gasteiger partial charge is 0.322 e. The summed E-state index contributed by atoms with van der Waals surface area (Å²) in [4.78, 5) is 18.3. The van der Waals surface area contributed by atoms with E-state index in [2.05, 4.69) is 20.9 Å². The first-order chi connectivity index (χ1) is 9.75. The third kappa shape index (κ3) is 2.39. The highest BCUT2D eigenvalue weighted by Gasteiger charge is 2.31. The van der Waals surface area contributed by atoms with Gasteiger partial charge in [-0.15, -0.1) is 0 Å². The molecule has 5 heteroatoms. The Labute approximate surface area is 118 Å². The minimum absolute atomic E-state index is 0.0540. The van der Waals surface area contributed by atoms with E-state index in [1.54, 1.807) is 12.4 Å². The average Bonchev–Trinajstić information content (AvgIpc) is 3.07. The standard InChI is InChI=1S/C15H18N4O/c1-18-9-3-6-13(18)14-7-4-10-19(14)15(20)17-12-5-2-8-16-11-12/h2-3,5-6,8-9,11,14H,4,7,10H2,1H3,(H,17,20)/t14-/m1/s1. The van der Waals surface area contributed by atoms with Crippen molar-refractivity contribution in [2.24, 2.45) is 7.05 Å². The van der Waals surface area contributed by atoms with Crippen LogP contribution in [0.15, 0.2) is 42.9 Å². The molecule has 0 aromatic carbocycles. The van der Waals surface area contributed by atoms with Gasteiger partial charge in [-0.25, -0.2) is 4.79 Å². The summed E-state index contributed by atoms with van der Waals surface area (Å²) in [6.45, 7) is 0.794. The Morgan fingerprint density at radius 3 is 3.00 bits per heavy atom. The number of aromatic nitrogens is 2. The molecule has 0 radical (unpaired) electrons. The molecule has 1 atom stereocenters. The van der Waals surface area contributed by atoms with Gasteiger partial charge in [0.2, 0.25) is 0 Å². The Morgan fingerprint density at radius 2 is 2.30 bits per heavy atom. The number of pyridine rings is 1. The molecule has 3 rings (SSSR count). The van der Waals surface area contributed by atoms with Gasteiger partial charge in [-0.2, -0.15) is 0 Å². The van der Waals surface area contributed by atoms with Crippen LogP contribution in [0, 0.1) is 0 Å². The van der Waals surface area contributed by atoms with Gasteiger partial charge in [-0.05, 0) is 37.1 Å². The van der Waals surface area contributed by atoms with Crippen molar-refractivity contribution in [2.45, 2.75) is 18.9 Å². The molecule has 2 amide bonds. The number of carbonyl (C=O) groups excluding carboxylic acids is 1. The van der Waals surface area contributed by atoms with E-state index in [1.807, 2.05) is 36.3 Å². The zero-order valence-corrected chi connectivity index (χ0v) is 11.5. The van der Waals surface area contributed by atoms with Crippen LogP contribution in [0.3, 0.4) is 0 Å². The number of anilines is 1. The minimum Gasteiger partial charge on any atom is -0.353 e. The normalized spacial score (nSPS) is 18.2. The van der Waals surface area contributed by atoms with Crippen LogP contribution >= 0.6 is 0 Å². The topological polar surface area (TPSA) is 50.2 Å². The first kappa shape index (κ1) is 12.7. The number of nitrogens with one attached hydrogen (secondary N) is 1. The molecule has 2 aromatic rings. The second-order valence-electron chi connectivity index (χ2n) is 5.07. The largest absolute Gasteiger partial charge is 0.353 e. The molecule has 1 N–H and O–H groups in total. The Balaban J connectivity index is 1.76. The van der Waals surface area contributed by atoms with E-state index in [-0.39, 0.29) is 12.1 Å². The highest BCUT2D eigenvalue weighted by atomic mass is 16.2. The van der Waals surface area contributed by atoms with Gasteiger partial charge < -0.3 is 14.8 Å². The second kappa shape index (κ2) is 5.36. The zero-order valence-electron chi connectivity index (χ0n) is 11.5. The van der Waals surface area contributed by atoms with Crippen molar-refractivity contribution in [2.75, 3.05) is 11.9 Å². The summed E-state index contributed by atoms with van der Waals surface area (Å²) in [5.41, 5.74) is 1.92. The zero-order chi connectivity index (χ0) is 13.9. The number of hydrogen-bond acceptors (Lipinski definition) is 2. The van der Waals surface area contributed by atoms with E-state index in [1.165, 1.54) is 5.69 Å². The quantitative estimate of drug-likeness (QED) is 0.912. The molecule has 1 aliphatic rings. The summed E-state index contributed by atoms with van der Waals surface area (Å²) in [6.07, 6.45) is 7.42. The SMILES string of the molecule is Cn1cccc1[C@H]1CCCN1C(=O)Nc1cccnc1. The predicted octanol–water partition coefficient (Wildman–Crippen LogP) is 2.79. The maximum Gasteiger partial charge on any atom is 0.322 e. The Kier molecular flexibility index (Phi) is 3.41. The highest BCUT2D eigenvalue weighted by molar-refractivity contribution is 5.89. The minimum atomic E-state index is -0.0540. The monoisotopic (exact) mass is 270 g/mol. The molecule has 104 valence electrons. The van der Waals surface area contributed by atoms with Crippen molar-refractivity contribution in [1.82, 2.24) is 14.5 Å². The summed E-state index contributed by atoms with van der Waals surface area (Å²) in [6, 6.07) is 7.87. The van der Waals surface area contributed by atoms with Crippen LogP contribution in [-0.4, -0.2) is 27.0 Å². The molecule has 1 aliphatic heterocycles. The maximum absolute atomic E-state index is 12.4. The van der Waals surface area contributed by atoms with Gasteiger partial charge in [0.25, 0.3) is 0 Å². The summed E-state index contributed by atoms with van der Waals surface area (Å²) in [5, 5.41) is 2.91. The van der Waals surface area contributed by atoms with Gasteiger partial charge in [0, 0.05) is 31.7 Å². The number of rotatable bonds is 2. The van der Waals surface area contributed by atoms with Crippen LogP contribution in [0.25, 0.3) is 0 Å². The van der Waals surface area contributed by atoms with E-state index in [4.69, 9.17) is 0 Å². The summed E-state index contributed by atoms with van der Waals surface area (Å²) >= 11 is 0. The fraction of sp³-hybridized carbons (Fsp3) is 0.333. The van der Waals surface area contributed by atoms with Crippen molar-refractivity contribution in [3.05, 3.63) is 48.5 Å². The van der Waals surface area contributed by atoms with Crippen LogP contribution in [-0.2, 0) is 7.05 Å². The molecule has 0 bridgehead atoms. The molecule has 0 spiro atoms. The van der Waals surface area contributed by atoms with Gasteiger partial charge in [-0.1, -0.05) is 0 Å². The number of aryl methyl sites for hydroxylation is 1. The first-order valence-electron chi connectivity index (χ1n) is 6.84. The van der Waals surface area contributed by atoms with Crippen molar-refractivity contribution in [3.8, 4) is 0 Å². The van der Waals surface area contributed by atoms with E-state index in [9.17, 15) is 4.79 Å². The van der Waals surface area contributed by atoms with Gasteiger partial charge in [-0.3, -0.25) is 4.98 Å². The lowest BCUT2D eigenvalue weighted by Gasteiger charge is -2.25. The number of carbonyl (C=O) groups is 1. The van der Waals surface area contributed by atoms with E-state index >= 15 is 0 Å². The third-order valence-electron chi connectivity index (χ3n) is 3.75. The Morgan fingerprint density at radius 1 is 1.40 bits per heavy atom. The van der Waals surface area contributed by atoms with E-state index in [0.717, 1.165) is 25.1 Å². The highest BCUT2D eigenvalue weighted by Crippen LogP contribution is 2.32. The Bertz CT molecular complexity index is 593. The molecule has 0 aliphatic carbocycles. The lowest BCUT2D eigenvalue weighted by Crippen LogP contribution is -2.35. The molecule has 2 aromatic heterocycles. The van der Waals surface area contributed by atoms with Crippen LogP contribution in [0.1, 0.15) is 24.6 Å². The first-order valence-corrected chi connectivity index (χ1v) is 6.84. The molecule has 1 saturated heterocycles. The molecular weight excluding hydrogens is 252 g/mol. The fourth-order valence-electron chi connectivity index (χ4n) is 2.77. The third-order valence-corrected chi connectivity index (χ3v) is 3.75. The van der Waals surface area contributed by atoms with Crippen LogP contribution < -0.4 is 5.32 Å². The van der Waals surface area contributed by atoms with Crippen molar-refractivity contribution in [1.29, 1.82) is 0 Å². The molecule has 0 saturated carbocycles. The molecule has 0 unspecified atom stereocenters. The summed E-state index contributed by atoms with van der Waals surface area (Å²) in [5.74, 6) is 0. The number of hydrogen-bond donors (Lipinski definition) is 1. The van der Waals surface area contributed by atoms with E-state index < -0.39 is 0 Å². The predicted molar refractivity (Wildman–Crippen MR) is 77.3 cm³/mol. The van der Waals surface area contributed by atoms with Crippen LogP contribution in [0.2, 0.25) is 0 Å². The number of urea groups is 1.